The molecule has 0 saturated carbocycles. The first-order chi connectivity index (χ1) is 13.4. The molecule has 0 aliphatic carbocycles. The van der Waals surface area contributed by atoms with Gasteiger partial charge in [-0.3, -0.25) is 19.7 Å². The Morgan fingerprint density at radius 1 is 1.21 bits per heavy atom. The Hall–Kier alpha value is -4.01. The average Bonchev–Trinajstić information content (AvgIpc) is 2.68. The Bertz CT molecular complexity index is 1080. The number of carbonyl (C=O) groups excluding carboxylic acids is 1. The van der Waals surface area contributed by atoms with Gasteiger partial charge in [0.1, 0.15) is 17.3 Å². The third-order valence-electron chi connectivity index (χ3n) is 3.87. The van der Waals surface area contributed by atoms with E-state index in [1.54, 1.807) is 19.2 Å². The van der Waals surface area contributed by atoms with Crippen LogP contribution >= 0.6 is 0 Å². The van der Waals surface area contributed by atoms with Crippen LogP contribution in [0.2, 0.25) is 0 Å². The normalized spacial score (nSPS) is 10.3. The number of nitrogens with zero attached hydrogens (tertiary/aromatic N) is 2. The summed E-state index contributed by atoms with van der Waals surface area (Å²) >= 11 is 0. The largest absolute Gasteiger partial charge is 0.497 e. The van der Waals surface area contributed by atoms with Crippen LogP contribution in [0.15, 0.2) is 59.4 Å². The monoisotopic (exact) mass is 380 g/mol. The lowest BCUT2D eigenvalue weighted by atomic mass is 10.1. The van der Waals surface area contributed by atoms with Gasteiger partial charge < -0.3 is 15.0 Å². The molecule has 0 spiro atoms. The number of methoxy groups -OCH3 is 1. The van der Waals surface area contributed by atoms with Gasteiger partial charge >= 0.3 is 0 Å². The predicted octanol–water partition coefficient (Wildman–Crippen LogP) is 2.53. The number of amides is 1. The zero-order valence-electron chi connectivity index (χ0n) is 14.8. The Balaban J connectivity index is 1.80. The van der Waals surface area contributed by atoms with Crippen LogP contribution in [0.3, 0.4) is 0 Å². The van der Waals surface area contributed by atoms with Crippen LogP contribution in [0, 0.1) is 10.1 Å². The van der Waals surface area contributed by atoms with Gasteiger partial charge in [0.2, 0.25) is 0 Å². The molecule has 28 heavy (non-hydrogen) atoms. The summed E-state index contributed by atoms with van der Waals surface area (Å²) in [5.41, 5.74) is 0.400. The van der Waals surface area contributed by atoms with Crippen molar-refractivity contribution < 1.29 is 14.5 Å². The molecule has 3 rings (SSSR count). The van der Waals surface area contributed by atoms with Crippen LogP contribution in [0.4, 0.5) is 11.4 Å². The number of anilines is 1. The number of non-ortho nitro benzene ring substituents is 1. The maximum absolute atomic E-state index is 12.4. The van der Waals surface area contributed by atoms with Gasteiger partial charge in [-0.25, -0.2) is 4.98 Å². The molecule has 0 saturated heterocycles. The van der Waals surface area contributed by atoms with Crippen LogP contribution in [0.25, 0.3) is 0 Å². The molecule has 0 radical (unpaired) electrons. The average molecular weight is 380 g/mol. The highest BCUT2D eigenvalue weighted by Gasteiger charge is 2.13. The minimum absolute atomic E-state index is 0.0845. The van der Waals surface area contributed by atoms with Crippen molar-refractivity contribution in [2.75, 3.05) is 12.4 Å². The number of hydrogen-bond acceptors (Lipinski definition) is 6. The summed E-state index contributed by atoms with van der Waals surface area (Å²) in [4.78, 5) is 41.4. The lowest BCUT2D eigenvalue weighted by Gasteiger charge is -2.07. The number of ether oxygens (including phenoxy) is 1. The molecule has 0 fully saturated rings. The van der Waals surface area contributed by atoms with E-state index in [1.807, 2.05) is 12.1 Å². The standard InChI is InChI=1S/C19H16N4O5/c1-28-15-7-5-12(6-8-15)9-17-21-16(11-18(24)22-17)19(25)20-13-3-2-4-14(10-13)23(26)27/h2-8,10-11H,9H2,1H3,(H,20,25)(H,21,22,24). The highest BCUT2D eigenvalue weighted by molar-refractivity contribution is 6.02. The number of aromatic amines is 1. The number of hydrogen-bond donors (Lipinski definition) is 2. The van der Waals surface area contributed by atoms with Gasteiger partial charge in [0.05, 0.1) is 12.0 Å². The van der Waals surface area contributed by atoms with Crippen LogP contribution in [-0.4, -0.2) is 27.9 Å². The highest BCUT2D eigenvalue weighted by atomic mass is 16.6. The molecule has 142 valence electrons. The van der Waals surface area contributed by atoms with Gasteiger partial charge in [0, 0.05) is 30.3 Å². The zero-order chi connectivity index (χ0) is 20.1. The minimum Gasteiger partial charge on any atom is -0.497 e. The van der Waals surface area contributed by atoms with E-state index in [0.29, 0.717) is 18.0 Å². The maximum Gasteiger partial charge on any atom is 0.274 e. The van der Waals surface area contributed by atoms with E-state index in [4.69, 9.17) is 4.74 Å². The molecule has 9 nitrogen and oxygen atoms in total. The van der Waals surface area contributed by atoms with Crippen molar-refractivity contribution >= 4 is 17.3 Å². The molecule has 2 N–H and O–H groups in total. The number of rotatable bonds is 6. The summed E-state index contributed by atoms with van der Waals surface area (Å²) in [6.07, 6.45) is 0.317. The third-order valence-corrected chi connectivity index (χ3v) is 3.87. The van der Waals surface area contributed by atoms with Gasteiger partial charge in [-0.2, -0.15) is 0 Å². The summed E-state index contributed by atoms with van der Waals surface area (Å²) < 4.78 is 5.10. The quantitative estimate of drug-likeness (QED) is 0.500. The number of benzene rings is 2. The first-order valence-corrected chi connectivity index (χ1v) is 8.23. The minimum atomic E-state index is -0.637. The Morgan fingerprint density at radius 2 is 1.96 bits per heavy atom. The van der Waals surface area contributed by atoms with Crippen LogP contribution < -0.4 is 15.6 Å². The zero-order valence-corrected chi connectivity index (χ0v) is 14.8. The number of aromatic nitrogens is 2. The van der Waals surface area contributed by atoms with Crippen molar-refractivity contribution in [2.45, 2.75) is 6.42 Å². The predicted molar refractivity (Wildman–Crippen MR) is 102 cm³/mol. The van der Waals surface area contributed by atoms with E-state index >= 15 is 0 Å². The SMILES string of the molecule is COc1ccc(Cc2nc(C(=O)Nc3cccc([N+](=O)[O-])c3)cc(=O)[nH]2)cc1. The number of H-pyrrole nitrogens is 1. The summed E-state index contributed by atoms with van der Waals surface area (Å²) in [5.74, 6) is 0.389. The van der Waals surface area contributed by atoms with Crippen molar-refractivity contribution in [1.29, 1.82) is 0 Å². The van der Waals surface area contributed by atoms with Gasteiger partial charge in [-0.15, -0.1) is 0 Å². The molecule has 3 aromatic rings. The second-order valence-electron chi connectivity index (χ2n) is 5.86. The molecule has 1 amide bonds. The topological polar surface area (TPSA) is 127 Å². The summed E-state index contributed by atoms with van der Waals surface area (Å²) in [6.45, 7) is 0. The lowest BCUT2D eigenvalue weighted by molar-refractivity contribution is -0.384. The molecule has 0 aliphatic rings. The van der Waals surface area contributed by atoms with Crippen molar-refractivity contribution in [3.63, 3.8) is 0 Å². The smallest absolute Gasteiger partial charge is 0.274 e. The molecular weight excluding hydrogens is 364 g/mol. The van der Waals surface area contributed by atoms with E-state index in [0.717, 1.165) is 11.6 Å². The van der Waals surface area contributed by atoms with Crippen molar-refractivity contribution in [1.82, 2.24) is 9.97 Å². The van der Waals surface area contributed by atoms with Gasteiger partial charge in [0.25, 0.3) is 17.2 Å². The number of carbonyl (C=O) groups is 1. The number of nitro groups is 1. The van der Waals surface area contributed by atoms with Crippen LogP contribution in [0.5, 0.6) is 5.75 Å². The van der Waals surface area contributed by atoms with Gasteiger partial charge in [0.15, 0.2) is 0 Å². The molecule has 1 aromatic heterocycles. The summed E-state index contributed by atoms with van der Waals surface area (Å²) in [5, 5.41) is 13.4. The first kappa shape index (κ1) is 18.8. The molecule has 1 heterocycles. The molecule has 2 aromatic carbocycles. The van der Waals surface area contributed by atoms with Gasteiger partial charge in [-0.05, 0) is 23.8 Å². The third kappa shape index (κ3) is 4.58. The van der Waals surface area contributed by atoms with Crippen LogP contribution in [-0.2, 0) is 6.42 Å². The van der Waals surface area contributed by atoms with Crippen molar-refractivity contribution in [2.24, 2.45) is 0 Å². The second kappa shape index (κ2) is 8.12. The molecule has 0 aliphatic heterocycles. The Morgan fingerprint density at radius 3 is 2.64 bits per heavy atom. The van der Waals surface area contributed by atoms with E-state index < -0.39 is 16.4 Å². The van der Waals surface area contributed by atoms with E-state index in [9.17, 15) is 19.7 Å². The van der Waals surface area contributed by atoms with E-state index in [2.05, 4.69) is 15.3 Å². The number of nitro benzene ring substituents is 1. The Labute approximate surface area is 159 Å². The first-order valence-electron chi connectivity index (χ1n) is 8.23. The fourth-order valence-corrected chi connectivity index (χ4v) is 2.54. The molecule has 0 unspecified atom stereocenters. The maximum atomic E-state index is 12.4. The molecule has 0 atom stereocenters. The lowest BCUT2D eigenvalue weighted by Crippen LogP contribution is -2.20. The highest BCUT2D eigenvalue weighted by Crippen LogP contribution is 2.18. The fraction of sp³-hybridized carbons (Fsp3) is 0.105. The number of nitrogens with one attached hydrogen (secondary N) is 2. The summed E-state index contributed by atoms with van der Waals surface area (Å²) in [6, 6.07) is 13.8. The van der Waals surface area contributed by atoms with E-state index in [-0.39, 0.29) is 17.1 Å². The fourth-order valence-electron chi connectivity index (χ4n) is 2.54. The summed E-state index contributed by atoms with van der Waals surface area (Å²) in [7, 11) is 1.57. The Kier molecular flexibility index (Phi) is 5.45. The van der Waals surface area contributed by atoms with Crippen molar-refractivity contribution in [3.8, 4) is 5.75 Å². The van der Waals surface area contributed by atoms with E-state index in [1.165, 1.54) is 24.3 Å². The molecular formula is C19H16N4O5. The molecule has 0 bridgehead atoms. The van der Waals surface area contributed by atoms with Gasteiger partial charge in [-0.1, -0.05) is 18.2 Å². The molecule has 9 heteroatoms. The van der Waals surface area contributed by atoms with Crippen molar-refractivity contribution in [3.05, 3.63) is 92.1 Å². The van der Waals surface area contributed by atoms with Crippen LogP contribution in [0.1, 0.15) is 21.9 Å². The second-order valence-corrected chi connectivity index (χ2v) is 5.86.